The summed E-state index contributed by atoms with van der Waals surface area (Å²) in [6, 6.07) is 2.38. The van der Waals surface area contributed by atoms with Gasteiger partial charge in [0, 0.05) is 30.9 Å². The molecule has 1 saturated heterocycles. The molecule has 1 aliphatic heterocycles. The van der Waals surface area contributed by atoms with Crippen molar-refractivity contribution in [3.63, 3.8) is 0 Å². The van der Waals surface area contributed by atoms with Crippen LogP contribution in [0.4, 0.5) is 22.4 Å². The maximum absolute atomic E-state index is 13.4. The Morgan fingerprint density at radius 1 is 1.35 bits per heavy atom. The van der Waals surface area contributed by atoms with Crippen LogP contribution in [-0.2, 0) is 17.4 Å². The van der Waals surface area contributed by atoms with Crippen molar-refractivity contribution in [1.82, 2.24) is 4.90 Å². The number of aliphatic hydroxyl groups is 1. The average Bonchev–Trinajstić information content (AvgIpc) is 3.03. The zero-order valence-electron chi connectivity index (χ0n) is 16.5. The molecule has 0 spiro atoms. The van der Waals surface area contributed by atoms with Crippen LogP contribution >= 0.6 is 23.5 Å². The Kier molecular flexibility index (Phi) is 9.70. The Morgan fingerprint density at radius 2 is 2.10 bits per heavy atom. The van der Waals surface area contributed by atoms with E-state index in [1.165, 1.54) is 12.1 Å². The molecule has 0 aromatic heterocycles. The molecule has 0 unspecified atom stereocenters. The summed E-state index contributed by atoms with van der Waals surface area (Å²) in [5.74, 6) is -0.377. The highest BCUT2D eigenvalue weighted by atomic mass is 32.2. The van der Waals surface area contributed by atoms with Gasteiger partial charge in [-0.25, -0.2) is 4.39 Å². The van der Waals surface area contributed by atoms with E-state index in [0.29, 0.717) is 36.3 Å². The SMILES string of the molecule is O=C(O)CCCSCCN1C(=O)SC[C@@H]1/C=C/[C@@H](O)Cc1ccc(F)c(C(F)(F)F)c1. The minimum atomic E-state index is -4.81. The van der Waals surface area contributed by atoms with Crippen LogP contribution in [0.1, 0.15) is 24.0 Å². The fraction of sp³-hybridized carbons (Fsp3) is 0.500. The maximum Gasteiger partial charge on any atom is 0.419 e. The molecule has 11 heteroatoms. The molecule has 1 aliphatic rings. The minimum absolute atomic E-state index is 0.0939. The fourth-order valence-corrected chi connectivity index (χ4v) is 4.83. The number of alkyl halides is 3. The number of carboxylic acids is 1. The number of thioether (sulfide) groups is 2. The number of carboxylic acid groups (broad SMARTS) is 1. The molecule has 2 atom stereocenters. The second kappa shape index (κ2) is 11.8. The Bertz CT molecular complexity index is 804. The lowest BCUT2D eigenvalue weighted by atomic mass is 10.0. The molecule has 1 aromatic carbocycles. The van der Waals surface area contributed by atoms with Gasteiger partial charge in [0.05, 0.1) is 17.7 Å². The normalized spacial score (nSPS) is 18.2. The molecule has 5 nitrogen and oxygen atoms in total. The highest BCUT2D eigenvalue weighted by Gasteiger charge is 2.34. The summed E-state index contributed by atoms with van der Waals surface area (Å²) in [5, 5.41) is 18.7. The van der Waals surface area contributed by atoms with Crippen molar-refractivity contribution in [3.8, 4) is 0 Å². The number of benzene rings is 1. The molecule has 0 bridgehead atoms. The Morgan fingerprint density at radius 3 is 2.77 bits per heavy atom. The van der Waals surface area contributed by atoms with Gasteiger partial charge < -0.3 is 15.1 Å². The van der Waals surface area contributed by atoms with E-state index in [2.05, 4.69) is 0 Å². The van der Waals surface area contributed by atoms with E-state index in [0.717, 1.165) is 17.8 Å². The Hall–Kier alpha value is -1.72. The predicted octanol–water partition coefficient (Wildman–Crippen LogP) is 4.44. The molecular formula is C20H23F4NO4S2. The molecule has 31 heavy (non-hydrogen) atoms. The summed E-state index contributed by atoms with van der Waals surface area (Å²) < 4.78 is 51.8. The highest BCUT2D eigenvalue weighted by molar-refractivity contribution is 8.13. The first kappa shape index (κ1) is 25.5. The molecule has 1 fully saturated rings. The van der Waals surface area contributed by atoms with Crippen LogP contribution < -0.4 is 0 Å². The summed E-state index contributed by atoms with van der Waals surface area (Å²) in [7, 11) is 0. The van der Waals surface area contributed by atoms with Crippen LogP contribution in [0.2, 0.25) is 0 Å². The molecule has 2 N–H and O–H groups in total. The molecule has 2 rings (SSSR count). The van der Waals surface area contributed by atoms with Crippen molar-refractivity contribution in [2.24, 2.45) is 0 Å². The van der Waals surface area contributed by atoms with Crippen molar-refractivity contribution < 1.29 is 37.4 Å². The van der Waals surface area contributed by atoms with Crippen LogP contribution in [0.3, 0.4) is 0 Å². The Labute approximate surface area is 185 Å². The number of rotatable bonds is 11. The van der Waals surface area contributed by atoms with Crippen LogP contribution in [0.5, 0.6) is 0 Å². The summed E-state index contributed by atoms with van der Waals surface area (Å²) >= 11 is 2.70. The zero-order chi connectivity index (χ0) is 23.0. The van der Waals surface area contributed by atoms with E-state index in [1.807, 2.05) is 0 Å². The van der Waals surface area contributed by atoms with E-state index in [1.54, 1.807) is 22.7 Å². The van der Waals surface area contributed by atoms with E-state index in [-0.39, 0.29) is 29.7 Å². The zero-order valence-corrected chi connectivity index (χ0v) is 18.1. The van der Waals surface area contributed by atoms with E-state index >= 15 is 0 Å². The number of aliphatic hydroxyl groups excluding tert-OH is 1. The van der Waals surface area contributed by atoms with E-state index in [9.17, 15) is 32.3 Å². The third kappa shape index (κ3) is 8.38. The summed E-state index contributed by atoms with van der Waals surface area (Å²) in [4.78, 5) is 24.2. The van der Waals surface area contributed by atoms with Gasteiger partial charge in [-0.2, -0.15) is 24.9 Å². The van der Waals surface area contributed by atoms with E-state index in [4.69, 9.17) is 5.11 Å². The van der Waals surface area contributed by atoms with Crippen molar-refractivity contribution in [3.05, 3.63) is 47.3 Å². The smallest absolute Gasteiger partial charge is 0.419 e. The standard InChI is InChI=1S/C20H23F4NO4S2/c21-17-6-3-13(11-16(17)20(22,23)24)10-15(26)5-4-14-12-31-19(29)25(14)7-9-30-8-1-2-18(27)28/h3-6,11,14-15,26H,1-2,7-10,12H2,(H,27,28)/b5-4+/t14-,15+/m0/s1. The molecule has 0 radical (unpaired) electrons. The van der Waals surface area contributed by atoms with Crippen molar-refractivity contribution in [1.29, 1.82) is 0 Å². The van der Waals surface area contributed by atoms with Crippen LogP contribution in [0, 0.1) is 5.82 Å². The largest absolute Gasteiger partial charge is 0.481 e. The number of carbonyl (C=O) groups is 2. The summed E-state index contributed by atoms with van der Waals surface area (Å²) in [5.41, 5.74) is -1.22. The molecular weight excluding hydrogens is 458 g/mol. The molecule has 0 saturated carbocycles. The van der Waals surface area contributed by atoms with Gasteiger partial charge in [0.15, 0.2) is 0 Å². The van der Waals surface area contributed by atoms with Gasteiger partial charge in [-0.05, 0) is 29.9 Å². The third-order valence-corrected chi connectivity index (χ3v) is 6.54. The highest BCUT2D eigenvalue weighted by Crippen LogP contribution is 2.32. The summed E-state index contributed by atoms with van der Waals surface area (Å²) in [6.07, 6.45) is -2.26. The predicted molar refractivity (Wildman–Crippen MR) is 113 cm³/mol. The first-order chi connectivity index (χ1) is 14.6. The molecule has 1 aromatic rings. The van der Waals surface area contributed by atoms with Crippen LogP contribution in [-0.4, -0.2) is 62.3 Å². The van der Waals surface area contributed by atoms with Gasteiger partial charge in [-0.1, -0.05) is 30.0 Å². The lowest BCUT2D eigenvalue weighted by Gasteiger charge is -2.21. The molecule has 1 amide bonds. The van der Waals surface area contributed by atoms with Crippen LogP contribution in [0.25, 0.3) is 0 Å². The number of hydrogen-bond donors (Lipinski definition) is 2. The number of halogens is 4. The number of nitrogens with zero attached hydrogens (tertiary/aromatic N) is 1. The van der Waals surface area contributed by atoms with Gasteiger partial charge in [-0.15, -0.1) is 0 Å². The second-order valence-electron chi connectivity index (χ2n) is 6.92. The first-order valence-electron chi connectivity index (χ1n) is 9.53. The molecule has 172 valence electrons. The molecule has 0 aliphatic carbocycles. The summed E-state index contributed by atoms with van der Waals surface area (Å²) in [6.45, 7) is 0.474. The van der Waals surface area contributed by atoms with Crippen molar-refractivity contribution >= 4 is 34.7 Å². The number of aliphatic carboxylic acids is 1. The third-order valence-electron chi connectivity index (χ3n) is 4.50. The van der Waals surface area contributed by atoms with Gasteiger partial charge in [0.1, 0.15) is 5.82 Å². The lowest BCUT2D eigenvalue weighted by molar-refractivity contribution is -0.140. The first-order valence-corrected chi connectivity index (χ1v) is 11.7. The monoisotopic (exact) mass is 481 g/mol. The maximum atomic E-state index is 13.4. The Balaban J connectivity index is 1.87. The van der Waals surface area contributed by atoms with Crippen molar-refractivity contribution in [2.75, 3.05) is 23.8 Å². The quantitative estimate of drug-likeness (QED) is 0.277. The van der Waals surface area contributed by atoms with Gasteiger partial charge in [0.25, 0.3) is 5.24 Å². The second-order valence-corrected chi connectivity index (χ2v) is 9.11. The topological polar surface area (TPSA) is 77.8 Å². The van der Waals surface area contributed by atoms with Gasteiger partial charge in [0.2, 0.25) is 0 Å². The number of amides is 1. The fourth-order valence-electron chi connectivity index (χ4n) is 2.95. The number of hydrogen-bond acceptors (Lipinski definition) is 5. The van der Waals surface area contributed by atoms with Crippen LogP contribution in [0.15, 0.2) is 30.4 Å². The average molecular weight is 482 g/mol. The van der Waals surface area contributed by atoms with Gasteiger partial charge >= 0.3 is 12.1 Å². The number of carbonyl (C=O) groups excluding carboxylic acids is 1. The molecule has 1 heterocycles. The van der Waals surface area contributed by atoms with Crippen molar-refractivity contribution in [2.45, 2.75) is 37.6 Å². The van der Waals surface area contributed by atoms with E-state index < -0.39 is 29.6 Å². The minimum Gasteiger partial charge on any atom is -0.481 e. The lowest BCUT2D eigenvalue weighted by Crippen LogP contribution is -2.34. The van der Waals surface area contributed by atoms with Gasteiger partial charge in [-0.3, -0.25) is 9.59 Å².